The van der Waals surface area contributed by atoms with Gasteiger partial charge in [-0.25, -0.2) is 14.0 Å². The largest absolute Gasteiger partial charge is 0.573 e. The van der Waals surface area contributed by atoms with Gasteiger partial charge in [-0.05, 0) is 54.4 Å². The number of halogens is 4. The van der Waals surface area contributed by atoms with E-state index in [-0.39, 0.29) is 36.5 Å². The van der Waals surface area contributed by atoms with Gasteiger partial charge in [-0.15, -0.1) is 13.2 Å². The average molecular weight is 591 g/mol. The molecule has 1 aliphatic heterocycles. The van der Waals surface area contributed by atoms with Crippen LogP contribution in [0.2, 0.25) is 0 Å². The average Bonchev–Trinajstić information content (AvgIpc) is 3.19. The lowest BCUT2D eigenvalue weighted by atomic mass is 9.96. The van der Waals surface area contributed by atoms with Crippen molar-refractivity contribution in [1.29, 1.82) is 0 Å². The number of carbonyl (C=O) groups is 2. The Morgan fingerprint density at radius 1 is 0.952 bits per heavy atom. The summed E-state index contributed by atoms with van der Waals surface area (Å²) >= 11 is 0. The van der Waals surface area contributed by atoms with Gasteiger partial charge < -0.3 is 29.1 Å². The second-order valence-corrected chi connectivity index (χ2v) is 10.1. The SMILES string of the molecule is CN1C(=O)N(Cc2ccc(OC(F)(F)F)cc2)C[C@@H]1CCOc1ccc(C[C@](C)(Oc2ccccc2F)C(=O)O)cc1. The van der Waals surface area contributed by atoms with E-state index in [9.17, 15) is 32.3 Å². The van der Waals surface area contributed by atoms with Gasteiger partial charge in [0.15, 0.2) is 11.6 Å². The Kier molecular flexibility index (Phi) is 9.13. The molecule has 0 aliphatic carbocycles. The van der Waals surface area contributed by atoms with Crippen LogP contribution < -0.4 is 14.2 Å². The Labute approximate surface area is 240 Å². The van der Waals surface area contributed by atoms with Crippen molar-refractivity contribution in [3.8, 4) is 17.2 Å². The number of carboxylic acids is 1. The van der Waals surface area contributed by atoms with E-state index in [0.717, 1.165) is 0 Å². The molecule has 0 radical (unpaired) electrons. The first-order valence-electron chi connectivity index (χ1n) is 13.1. The highest BCUT2D eigenvalue weighted by Gasteiger charge is 2.37. The molecular weight excluding hydrogens is 560 g/mol. The Balaban J connectivity index is 1.27. The van der Waals surface area contributed by atoms with Gasteiger partial charge in [0.05, 0.1) is 12.6 Å². The number of ether oxygens (including phenoxy) is 3. The van der Waals surface area contributed by atoms with E-state index in [1.165, 1.54) is 49.4 Å². The lowest BCUT2D eigenvalue weighted by molar-refractivity contribution is -0.274. The van der Waals surface area contributed by atoms with E-state index >= 15 is 0 Å². The summed E-state index contributed by atoms with van der Waals surface area (Å²) in [6, 6.07) is 17.5. The number of amides is 2. The Morgan fingerprint density at radius 3 is 2.19 bits per heavy atom. The van der Waals surface area contributed by atoms with Crippen LogP contribution in [0.1, 0.15) is 24.5 Å². The molecule has 42 heavy (non-hydrogen) atoms. The van der Waals surface area contributed by atoms with Gasteiger partial charge in [0.1, 0.15) is 11.5 Å². The quantitative estimate of drug-likeness (QED) is 0.265. The Hall–Kier alpha value is -4.48. The van der Waals surface area contributed by atoms with Gasteiger partial charge in [0.25, 0.3) is 0 Å². The van der Waals surface area contributed by atoms with E-state index in [0.29, 0.717) is 36.4 Å². The molecule has 8 nitrogen and oxygen atoms in total. The van der Waals surface area contributed by atoms with E-state index in [1.54, 1.807) is 47.2 Å². The third-order valence-electron chi connectivity index (χ3n) is 6.89. The topological polar surface area (TPSA) is 88.5 Å². The minimum absolute atomic E-state index is 0.0140. The summed E-state index contributed by atoms with van der Waals surface area (Å²) in [5.41, 5.74) is -0.380. The van der Waals surface area contributed by atoms with Gasteiger partial charge in [-0.1, -0.05) is 36.4 Å². The lowest BCUT2D eigenvalue weighted by Gasteiger charge is -2.26. The van der Waals surface area contributed by atoms with Crippen LogP contribution in [0.5, 0.6) is 17.2 Å². The number of urea groups is 1. The molecule has 0 saturated carbocycles. The summed E-state index contributed by atoms with van der Waals surface area (Å²) in [5, 5.41) is 9.76. The molecule has 1 fully saturated rings. The van der Waals surface area contributed by atoms with Crippen molar-refractivity contribution in [3.63, 3.8) is 0 Å². The molecular formula is C30H30F4N2O6. The van der Waals surface area contributed by atoms with Gasteiger partial charge in [-0.3, -0.25) is 0 Å². The van der Waals surface area contributed by atoms with E-state index in [1.807, 2.05) is 0 Å². The molecule has 0 bridgehead atoms. The molecule has 2 atom stereocenters. The summed E-state index contributed by atoms with van der Waals surface area (Å²) < 4.78 is 66.4. The van der Waals surface area contributed by atoms with Crippen molar-refractivity contribution >= 4 is 12.0 Å². The van der Waals surface area contributed by atoms with Crippen molar-refractivity contribution in [1.82, 2.24) is 9.80 Å². The Morgan fingerprint density at radius 2 is 1.57 bits per heavy atom. The molecule has 3 aromatic rings. The Bertz CT molecular complexity index is 1380. The van der Waals surface area contributed by atoms with Gasteiger partial charge in [0.2, 0.25) is 5.60 Å². The number of hydrogen-bond donors (Lipinski definition) is 1. The number of nitrogens with zero attached hydrogens (tertiary/aromatic N) is 2. The number of carboxylic acid groups (broad SMARTS) is 1. The summed E-state index contributed by atoms with van der Waals surface area (Å²) in [7, 11) is 1.69. The van der Waals surface area contributed by atoms with Crippen LogP contribution in [0.4, 0.5) is 22.4 Å². The lowest BCUT2D eigenvalue weighted by Crippen LogP contribution is -2.43. The summed E-state index contributed by atoms with van der Waals surface area (Å²) in [5.74, 6) is -1.81. The number of hydrogen-bond acceptors (Lipinski definition) is 5. The predicted octanol–water partition coefficient (Wildman–Crippen LogP) is 5.89. The third kappa shape index (κ3) is 7.83. The standard InChI is InChI=1S/C30H30F4N2O6/c1-29(27(37)38,42-26-6-4-3-5-25(26)31)17-20-7-11-23(12-8-20)40-16-15-22-19-36(28(39)35(22)2)18-21-9-13-24(14-10-21)41-30(32,33)34/h3-14,22H,15-19H2,1-2H3,(H,37,38)/t22-,29-/m0/s1. The number of benzene rings is 3. The third-order valence-corrected chi connectivity index (χ3v) is 6.89. The van der Waals surface area contributed by atoms with Crippen molar-refractivity contribution in [2.24, 2.45) is 0 Å². The van der Waals surface area contributed by atoms with Crippen LogP contribution in [0.15, 0.2) is 72.8 Å². The number of likely N-dealkylation sites (N-methyl/N-ethyl adjacent to an activating group) is 1. The summed E-state index contributed by atoms with van der Waals surface area (Å²) in [6.07, 6.45) is -4.25. The molecule has 12 heteroatoms. The van der Waals surface area contributed by atoms with Crippen molar-refractivity contribution in [3.05, 3.63) is 89.7 Å². The highest BCUT2D eigenvalue weighted by molar-refractivity contribution is 5.78. The summed E-state index contributed by atoms with van der Waals surface area (Å²) in [4.78, 5) is 27.9. The molecule has 0 unspecified atom stereocenters. The zero-order valence-electron chi connectivity index (χ0n) is 22.9. The summed E-state index contributed by atoms with van der Waals surface area (Å²) in [6.45, 7) is 2.35. The van der Waals surface area contributed by atoms with Crippen molar-refractivity contribution in [2.45, 2.75) is 44.3 Å². The number of para-hydroxylation sites is 1. The van der Waals surface area contributed by atoms with Crippen LogP contribution in [-0.4, -0.2) is 65.1 Å². The molecule has 1 heterocycles. The molecule has 224 valence electrons. The maximum absolute atomic E-state index is 14.0. The first-order valence-corrected chi connectivity index (χ1v) is 13.1. The molecule has 1 aliphatic rings. The molecule has 1 N–H and O–H groups in total. The first kappa shape index (κ1) is 30.5. The van der Waals surface area contributed by atoms with Crippen LogP contribution in [0.3, 0.4) is 0 Å². The number of carbonyl (C=O) groups excluding carboxylic acids is 1. The minimum atomic E-state index is -4.77. The molecule has 2 amide bonds. The van der Waals surface area contributed by atoms with E-state index < -0.39 is 23.7 Å². The monoisotopic (exact) mass is 590 g/mol. The maximum atomic E-state index is 14.0. The van der Waals surface area contributed by atoms with Gasteiger partial charge in [0, 0.05) is 33.0 Å². The first-order chi connectivity index (χ1) is 19.8. The number of alkyl halides is 3. The van der Waals surface area contributed by atoms with Crippen LogP contribution >= 0.6 is 0 Å². The normalized spacial score (nSPS) is 16.7. The van der Waals surface area contributed by atoms with Crippen molar-refractivity contribution in [2.75, 3.05) is 20.2 Å². The van der Waals surface area contributed by atoms with E-state index in [4.69, 9.17) is 9.47 Å². The van der Waals surface area contributed by atoms with E-state index in [2.05, 4.69) is 4.74 Å². The fraction of sp³-hybridized carbons (Fsp3) is 0.333. The highest BCUT2D eigenvalue weighted by atomic mass is 19.4. The van der Waals surface area contributed by atoms with Gasteiger partial charge >= 0.3 is 18.4 Å². The zero-order valence-corrected chi connectivity index (χ0v) is 22.9. The molecule has 0 aromatic heterocycles. The maximum Gasteiger partial charge on any atom is 0.573 e. The second-order valence-electron chi connectivity index (χ2n) is 10.1. The van der Waals surface area contributed by atoms with Crippen molar-refractivity contribution < 1.29 is 46.5 Å². The molecule has 3 aromatic carbocycles. The number of aliphatic carboxylic acids is 1. The number of rotatable bonds is 12. The molecule has 0 spiro atoms. The van der Waals surface area contributed by atoms with Gasteiger partial charge in [-0.2, -0.15) is 0 Å². The van der Waals surface area contributed by atoms with Crippen LogP contribution in [0, 0.1) is 5.82 Å². The molecule has 1 saturated heterocycles. The fourth-order valence-electron chi connectivity index (χ4n) is 4.60. The minimum Gasteiger partial charge on any atom is -0.494 e. The second kappa shape index (κ2) is 12.6. The highest BCUT2D eigenvalue weighted by Crippen LogP contribution is 2.27. The van der Waals surface area contributed by atoms with Crippen LogP contribution in [0.25, 0.3) is 0 Å². The predicted molar refractivity (Wildman–Crippen MR) is 144 cm³/mol. The zero-order chi connectivity index (χ0) is 30.5. The molecule has 4 rings (SSSR count). The smallest absolute Gasteiger partial charge is 0.494 e. The fourth-order valence-corrected chi connectivity index (χ4v) is 4.60. The van der Waals surface area contributed by atoms with Crippen LogP contribution in [-0.2, 0) is 17.8 Å².